The fourth-order valence-electron chi connectivity index (χ4n) is 2.86. The van der Waals surface area contributed by atoms with E-state index < -0.39 is 0 Å². The van der Waals surface area contributed by atoms with Gasteiger partial charge in [-0.05, 0) is 54.6 Å². The van der Waals surface area contributed by atoms with Crippen LogP contribution in [0, 0.1) is 0 Å². The molecule has 2 heterocycles. The molecule has 0 fully saturated rings. The molecular formula is C23H20N4O4. The second-order valence-electron chi connectivity index (χ2n) is 6.50. The van der Waals surface area contributed by atoms with Crippen LogP contribution in [0.25, 0.3) is 5.82 Å². The minimum atomic E-state index is -0.280. The van der Waals surface area contributed by atoms with Crippen molar-refractivity contribution in [2.45, 2.75) is 0 Å². The molecule has 0 aliphatic rings. The average molecular weight is 416 g/mol. The molecule has 2 aromatic heterocycles. The van der Waals surface area contributed by atoms with Crippen LogP contribution in [0.2, 0.25) is 0 Å². The molecule has 0 saturated heterocycles. The number of ether oxygens (including phenoxy) is 3. The number of aromatic nitrogens is 3. The van der Waals surface area contributed by atoms with Gasteiger partial charge in [0, 0.05) is 35.8 Å². The van der Waals surface area contributed by atoms with Gasteiger partial charge < -0.3 is 24.1 Å². The fraction of sp³-hybridized carbons (Fsp3) is 0.0870. The molecule has 0 radical (unpaired) electrons. The molecule has 8 heteroatoms. The van der Waals surface area contributed by atoms with Crippen LogP contribution in [0.3, 0.4) is 0 Å². The summed E-state index contributed by atoms with van der Waals surface area (Å²) in [6, 6.07) is 19.3. The van der Waals surface area contributed by atoms with Crippen molar-refractivity contribution in [2.24, 2.45) is 0 Å². The first-order valence-corrected chi connectivity index (χ1v) is 9.44. The van der Waals surface area contributed by atoms with Crippen molar-refractivity contribution in [3.63, 3.8) is 0 Å². The molecule has 0 bridgehead atoms. The van der Waals surface area contributed by atoms with Gasteiger partial charge in [0.25, 0.3) is 5.91 Å². The van der Waals surface area contributed by atoms with Crippen LogP contribution in [0.5, 0.6) is 23.1 Å². The summed E-state index contributed by atoms with van der Waals surface area (Å²) >= 11 is 0. The number of carbonyl (C=O) groups excluding carboxylic acids is 1. The lowest BCUT2D eigenvalue weighted by atomic mass is 10.1. The largest absolute Gasteiger partial charge is 0.497 e. The van der Waals surface area contributed by atoms with Gasteiger partial charge in [0.1, 0.15) is 17.2 Å². The van der Waals surface area contributed by atoms with E-state index in [1.165, 1.54) is 14.2 Å². The number of hydrogen-bond donors (Lipinski definition) is 1. The zero-order valence-electron chi connectivity index (χ0n) is 17.0. The van der Waals surface area contributed by atoms with E-state index in [0.717, 1.165) is 0 Å². The molecule has 0 unspecified atom stereocenters. The summed E-state index contributed by atoms with van der Waals surface area (Å²) < 4.78 is 18.0. The predicted molar refractivity (Wildman–Crippen MR) is 115 cm³/mol. The second kappa shape index (κ2) is 9.00. The molecule has 8 nitrogen and oxygen atoms in total. The Bertz CT molecular complexity index is 1140. The van der Waals surface area contributed by atoms with Crippen LogP contribution in [0.4, 0.5) is 5.69 Å². The maximum Gasteiger partial charge on any atom is 0.255 e. The van der Waals surface area contributed by atoms with Crippen LogP contribution in [-0.2, 0) is 0 Å². The van der Waals surface area contributed by atoms with E-state index in [1.54, 1.807) is 48.5 Å². The molecule has 31 heavy (non-hydrogen) atoms. The Labute approximate surface area is 179 Å². The van der Waals surface area contributed by atoms with Crippen molar-refractivity contribution in [2.75, 3.05) is 19.5 Å². The van der Waals surface area contributed by atoms with E-state index in [4.69, 9.17) is 14.2 Å². The quantitative estimate of drug-likeness (QED) is 0.483. The monoisotopic (exact) mass is 416 g/mol. The highest BCUT2D eigenvalue weighted by Crippen LogP contribution is 2.25. The van der Waals surface area contributed by atoms with E-state index in [1.807, 2.05) is 35.2 Å². The molecule has 156 valence electrons. The Morgan fingerprint density at radius 2 is 1.52 bits per heavy atom. The van der Waals surface area contributed by atoms with Crippen LogP contribution in [0.1, 0.15) is 10.4 Å². The fourth-order valence-corrected chi connectivity index (χ4v) is 2.86. The molecular weight excluding hydrogens is 396 g/mol. The third kappa shape index (κ3) is 4.81. The van der Waals surface area contributed by atoms with Crippen LogP contribution in [0.15, 0.2) is 79.1 Å². The smallest absolute Gasteiger partial charge is 0.255 e. The molecule has 0 aliphatic heterocycles. The van der Waals surface area contributed by atoms with Crippen molar-refractivity contribution in [1.29, 1.82) is 0 Å². The van der Waals surface area contributed by atoms with Crippen molar-refractivity contribution in [1.82, 2.24) is 14.8 Å². The highest BCUT2D eigenvalue weighted by molar-refractivity contribution is 6.04. The Hall–Kier alpha value is -4.33. The first-order chi connectivity index (χ1) is 15.1. The molecule has 0 spiro atoms. The molecule has 0 atom stereocenters. The highest BCUT2D eigenvalue weighted by Gasteiger charge is 2.11. The summed E-state index contributed by atoms with van der Waals surface area (Å²) in [5.74, 6) is 2.44. The van der Waals surface area contributed by atoms with E-state index in [0.29, 0.717) is 40.2 Å². The number of nitrogens with one attached hydrogen (secondary N) is 1. The summed E-state index contributed by atoms with van der Waals surface area (Å²) in [6.07, 6.45) is 3.78. The summed E-state index contributed by atoms with van der Waals surface area (Å²) in [5, 5.41) is 11.1. The molecule has 0 saturated carbocycles. The average Bonchev–Trinajstić information content (AvgIpc) is 3.35. The molecule has 1 amide bonds. The van der Waals surface area contributed by atoms with Gasteiger partial charge >= 0.3 is 0 Å². The third-order valence-electron chi connectivity index (χ3n) is 4.44. The topological polar surface area (TPSA) is 87.5 Å². The molecule has 4 rings (SSSR count). The number of carbonyl (C=O) groups is 1. The van der Waals surface area contributed by atoms with Crippen molar-refractivity contribution in [3.8, 4) is 28.9 Å². The summed E-state index contributed by atoms with van der Waals surface area (Å²) in [4.78, 5) is 12.6. The number of anilines is 1. The zero-order chi connectivity index (χ0) is 21.6. The van der Waals surface area contributed by atoms with Crippen molar-refractivity contribution < 1.29 is 19.0 Å². The summed E-state index contributed by atoms with van der Waals surface area (Å²) in [6.45, 7) is 0. The third-order valence-corrected chi connectivity index (χ3v) is 4.44. The van der Waals surface area contributed by atoms with E-state index in [2.05, 4.69) is 15.5 Å². The standard InChI is InChI=1S/C23H20N4O4/c1-29-19-13-16(14-20(15-19)30-2)23(28)24-17-5-7-18(8-6-17)31-22-10-9-21(25-26-22)27-11-3-4-12-27/h3-15H,1-2H3,(H,24,28). The Kier molecular flexibility index (Phi) is 5.79. The maximum atomic E-state index is 12.6. The van der Waals surface area contributed by atoms with Crippen molar-refractivity contribution >= 4 is 11.6 Å². The number of methoxy groups -OCH3 is 2. The number of rotatable bonds is 7. The van der Waals surface area contributed by atoms with E-state index >= 15 is 0 Å². The molecule has 2 aromatic carbocycles. The van der Waals surface area contributed by atoms with Gasteiger partial charge in [0.15, 0.2) is 5.82 Å². The lowest BCUT2D eigenvalue weighted by Crippen LogP contribution is -2.12. The minimum Gasteiger partial charge on any atom is -0.497 e. The number of hydrogen-bond acceptors (Lipinski definition) is 6. The number of nitrogens with zero attached hydrogens (tertiary/aromatic N) is 3. The van der Waals surface area contributed by atoms with Gasteiger partial charge in [-0.2, -0.15) is 0 Å². The SMILES string of the molecule is COc1cc(OC)cc(C(=O)Nc2ccc(Oc3ccc(-n4cccc4)nn3)cc2)c1. The van der Waals surface area contributed by atoms with Gasteiger partial charge in [-0.25, -0.2) is 0 Å². The molecule has 0 aliphatic carbocycles. The van der Waals surface area contributed by atoms with E-state index in [9.17, 15) is 4.79 Å². The number of benzene rings is 2. The first kappa shape index (κ1) is 20.0. The van der Waals surface area contributed by atoms with Gasteiger partial charge in [-0.1, -0.05) is 0 Å². The molecule has 1 N–H and O–H groups in total. The minimum absolute atomic E-state index is 0.280. The zero-order valence-corrected chi connectivity index (χ0v) is 17.0. The van der Waals surface area contributed by atoms with Crippen LogP contribution in [-0.4, -0.2) is 34.9 Å². The Balaban J connectivity index is 1.41. The first-order valence-electron chi connectivity index (χ1n) is 9.44. The van der Waals surface area contributed by atoms with Gasteiger partial charge in [-0.3, -0.25) is 4.79 Å². The summed E-state index contributed by atoms with van der Waals surface area (Å²) in [5.41, 5.74) is 1.04. The van der Waals surface area contributed by atoms with Crippen molar-refractivity contribution in [3.05, 3.63) is 84.7 Å². The lowest BCUT2D eigenvalue weighted by Gasteiger charge is -2.10. The van der Waals surface area contributed by atoms with Gasteiger partial charge in [0.05, 0.1) is 14.2 Å². The van der Waals surface area contributed by atoms with Gasteiger partial charge in [-0.15, -0.1) is 10.2 Å². The predicted octanol–water partition coefficient (Wildman–Crippen LogP) is 4.33. The molecule has 4 aromatic rings. The van der Waals surface area contributed by atoms with Crippen LogP contribution >= 0.6 is 0 Å². The number of amides is 1. The normalized spacial score (nSPS) is 10.4. The van der Waals surface area contributed by atoms with E-state index in [-0.39, 0.29) is 5.91 Å². The maximum absolute atomic E-state index is 12.6. The highest BCUT2D eigenvalue weighted by atomic mass is 16.5. The second-order valence-corrected chi connectivity index (χ2v) is 6.50. The van der Waals surface area contributed by atoms with Crippen LogP contribution < -0.4 is 19.5 Å². The Morgan fingerprint density at radius 1 is 0.839 bits per heavy atom. The van der Waals surface area contributed by atoms with Gasteiger partial charge in [0.2, 0.25) is 5.88 Å². The lowest BCUT2D eigenvalue weighted by molar-refractivity contribution is 0.102. The summed E-state index contributed by atoms with van der Waals surface area (Å²) in [7, 11) is 3.07. The Morgan fingerprint density at radius 3 is 2.10 bits per heavy atom.